The minimum Gasteiger partial charge on any atom is -0.388 e. The first kappa shape index (κ1) is 46.3. The van der Waals surface area contributed by atoms with Gasteiger partial charge in [-0.1, -0.05) is 129 Å². The smallest absolute Gasteiger partial charge is 0.326 e. The Balaban J connectivity index is 0.000000179. The van der Waals surface area contributed by atoms with Crippen LogP contribution in [0, 0.1) is 5.92 Å². The molecule has 4 heterocycles. The summed E-state index contributed by atoms with van der Waals surface area (Å²) in [7, 11) is 0. The fraction of sp³-hybridized carbons (Fsp3) is 0.407. The molecule has 7 aromatic rings. The van der Waals surface area contributed by atoms with Crippen LogP contribution in [0.15, 0.2) is 137 Å². The zero-order valence-electron chi connectivity index (χ0n) is 38.1. The molecule has 65 heavy (non-hydrogen) atoms. The minimum atomic E-state index is -0.968. The van der Waals surface area contributed by atoms with E-state index in [1.807, 2.05) is 81.9 Å². The molecule has 2 aliphatic heterocycles. The van der Waals surface area contributed by atoms with Crippen molar-refractivity contribution in [3.05, 3.63) is 176 Å². The molecule has 5 aromatic carbocycles. The molecular formula is C54H65ClN6O4. The van der Waals surface area contributed by atoms with Gasteiger partial charge in [0.25, 0.3) is 0 Å². The SMILES string of the molecule is CC(C)(C)c1ccc(C(O)CCCN2CCC(C(O)(c3ccccc3)c3ccccc3)CC2)cc1.O=c1[nH]c2ccccc2n1CCCN1CCC(n2c(=O)[nH]c3cc(Cl)ccc32)CC1. The van der Waals surface area contributed by atoms with Crippen LogP contribution in [0.25, 0.3) is 22.1 Å². The highest BCUT2D eigenvalue weighted by Gasteiger charge is 2.41. The summed E-state index contributed by atoms with van der Waals surface area (Å²) in [5.74, 6) is 0.176. The molecule has 0 amide bonds. The van der Waals surface area contributed by atoms with Gasteiger partial charge in [-0.05, 0) is 135 Å². The molecule has 0 aliphatic carbocycles. The fourth-order valence-corrected chi connectivity index (χ4v) is 10.3. The van der Waals surface area contributed by atoms with Gasteiger partial charge in [0.1, 0.15) is 5.60 Å². The van der Waals surface area contributed by atoms with Crippen LogP contribution >= 0.6 is 11.6 Å². The lowest BCUT2D eigenvalue weighted by atomic mass is 9.72. The third-order valence-electron chi connectivity index (χ3n) is 13.9. The number of imidazole rings is 2. The van der Waals surface area contributed by atoms with Gasteiger partial charge < -0.3 is 30.0 Å². The van der Waals surface area contributed by atoms with Gasteiger partial charge in [0.15, 0.2) is 0 Å². The maximum absolute atomic E-state index is 12.5. The van der Waals surface area contributed by atoms with Gasteiger partial charge in [-0.2, -0.15) is 0 Å². The van der Waals surface area contributed by atoms with E-state index in [1.165, 1.54) is 5.56 Å². The number of aliphatic hydroxyl groups excluding tert-OH is 1. The number of fused-ring (bicyclic) bond motifs is 2. The third-order valence-corrected chi connectivity index (χ3v) is 14.1. The molecule has 0 spiro atoms. The van der Waals surface area contributed by atoms with Crippen molar-refractivity contribution in [2.45, 2.75) is 95.4 Å². The lowest BCUT2D eigenvalue weighted by Gasteiger charge is -2.42. The van der Waals surface area contributed by atoms with Gasteiger partial charge in [-0.25, -0.2) is 9.59 Å². The van der Waals surface area contributed by atoms with Crippen molar-refractivity contribution in [2.24, 2.45) is 5.92 Å². The van der Waals surface area contributed by atoms with Gasteiger partial charge in [-0.3, -0.25) is 9.13 Å². The van der Waals surface area contributed by atoms with Crippen LogP contribution in [0.5, 0.6) is 0 Å². The second-order valence-electron chi connectivity index (χ2n) is 19.1. The molecule has 0 saturated carbocycles. The largest absolute Gasteiger partial charge is 0.388 e. The number of nitrogens with zero attached hydrogens (tertiary/aromatic N) is 4. The lowest BCUT2D eigenvalue weighted by molar-refractivity contribution is -0.0146. The van der Waals surface area contributed by atoms with Crippen LogP contribution in [-0.2, 0) is 17.6 Å². The number of halogens is 1. The molecule has 11 heteroatoms. The van der Waals surface area contributed by atoms with Crippen molar-refractivity contribution in [1.82, 2.24) is 28.9 Å². The van der Waals surface area contributed by atoms with Crippen LogP contribution in [0.4, 0.5) is 0 Å². The van der Waals surface area contributed by atoms with E-state index in [9.17, 15) is 19.8 Å². The summed E-state index contributed by atoms with van der Waals surface area (Å²) in [6, 6.07) is 42.2. The summed E-state index contributed by atoms with van der Waals surface area (Å²) < 4.78 is 3.70. The second-order valence-corrected chi connectivity index (χ2v) is 19.6. The van der Waals surface area contributed by atoms with Crippen LogP contribution in [-0.4, -0.2) is 78.4 Å². The Labute approximate surface area is 387 Å². The van der Waals surface area contributed by atoms with Gasteiger partial charge >= 0.3 is 11.4 Å². The van der Waals surface area contributed by atoms with E-state index < -0.39 is 11.7 Å². The minimum absolute atomic E-state index is 0.0475. The van der Waals surface area contributed by atoms with E-state index >= 15 is 0 Å². The number of benzene rings is 5. The molecule has 1 unspecified atom stereocenters. The van der Waals surface area contributed by atoms with Crippen LogP contribution in [0.2, 0.25) is 5.02 Å². The maximum Gasteiger partial charge on any atom is 0.326 e. The summed E-state index contributed by atoms with van der Waals surface area (Å²) in [5.41, 5.74) is 6.85. The Kier molecular flexibility index (Phi) is 14.6. The van der Waals surface area contributed by atoms with Gasteiger partial charge in [0, 0.05) is 30.7 Å². The zero-order valence-corrected chi connectivity index (χ0v) is 38.9. The van der Waals surface area contributed by atoms with E-state index in [4.69, 9.17) is 11.6 Å². The molecule has 0 radical (unpaired) electrons. The average Bonchev–Trinajstić information content (AvgIpc) is 3.83. The number of hydrogen-bond donors (Lipinski definition) is 4. The summed E-state index contributed by atoms with van der Waals surface area (Å²) >= 11 is 6.05. The Hall–Kier alpha value is -5.23. The monoisotopic (exact) mass is 896 g/mol. The van der Waals surface area contributed by atoms with E-state index in [2.05, 4.69) is 89.1 Å². The first-order chi connectivity index (χ1) is 31.4. The first-order valence-corrected chi connectivity index (χ1v) is 23.9. The Morgan fingerprint density at radius 3 is 1.83 bits per heavy atom. The van der Waals surface area contributed by atoms with Crippen molar-refractivity contribution in [1.29, 1.82) is 0 Å². The van der Waals surface area contributed by atoms with Crippen molar-refractivity contribution in [3.8, 4) is 0 Å². The maximum atomic E-state index is 12.5. The quantitative estimate of drug-likeness (QED) is 0.0915. The van der Waals surface area contributed by atoms with Gasteiger partial charge in [0.2, 0.25) is 0 Å². The Bertz CT molecular complexity index is 2680. The number of likely N-dealkylation sites (tertiary alicyclic amines) is 2. The van der Waals surface area contributed by atoms with Crippen LogP contribution in [0.3, 0.4) is 0 Å². The summed E-state index contributed by atoms with van der Waals surface area (Å²) in [6.45, 7) is 13.1. The molecule has 2 aromatic heterocycles. The lowest BCUT2D eigenvalue weighted by Crippen LogP contribution is -2.44. The molecule has 10 nitrogen and oxygen atoms in total. The first-order valence-electron chi connectivity index (χ1n) is 23.5. The van der Waals surface area contributed by atoms with Crippen molar-refractivity contribution in [3.63, 3.8) is 0 Å². The average molecular weight is 898 g/mol. The number of H-pyrrole nitrogens is 2. The van der Waals surface area contributed by atoms with Gasteiger partial charge in [-0.15, -0.1) is 0 Å². The van der Waals surface area contributed by atoms with Crippen molar-refractivity contribution < 1.29 is 10.2 Å². The van der Waals surface area contributed by atoms with Crippen molar-refractivity contribution in [2.75, 3.05) is 39.3 Å². The summed E-state index contributed by atoms with van der Waals surface area (Å²) in [5, 5.41) is 23.4. The number of aromatic amines is 2. The Morgan fingerprint density at radius 2 is 1.20 bits per heavy atom. The molecule has 342 valence electrons. The van der Waals surface area contributed by atoms with E-state index in [0.29, 0.717) is 11.6 Å². The normalized spacial score (nSPS) is 16.5. The topological polar surface area (TPSA) is 123 Å². The van der Waals surface area contributed by atoms with Crippen LogP contribution < -0.4 is 11.4 Å². The van der Waals surface area contributed by atoms with E-state index in [-0.39, 0.29) is 28.8 Å². The molecule has 0 bridgehead atoms. The number of piperidine rings is 2. The Morgan fingerprint density at radius 1 is 0.631 bits per heavy atom. The zero-order chi connectivity index (χ0) is 45.6. The summed E-state index contributed by atoms with van der Waals surface area (Å²) in [4.78, 5) is 35.4. The molecule has 9 rings (SSSR count). The van der Waals surface area contributed by atoms with E-state index in [1.54, 1.807) is 6.07 Å². The van der Waals surface area contributed by atoms with Crippen LogP contribution in [0.1, 0.15) is 100 Å². The molecular weight excluding hydrogens is 832 g/mol. The number of aromatic nitrogens is 4. The van der Waals surface area contributed by atoms with E-state index in [0.717, 1.165) is 123 Å². The van der Waals surface area contributed by atoms with Crippen molar-refractivity contribution >= 4 is 33.7 Å². The molecule has 2 saturated heterocycles. The second kappa shape index (κ2) is 20.5. The predicted octanol–water partition coefficient (Wildman–Crippen LogP) is 9.80. The molecule has 4 N–H and O–H groups in total. The highest BCUT2D eigenvalue weighted by Crippen LogP contribution is 2.42. The standard InChI is InChI=1S/C32H41NO2.C22H24ClN5O2/c1-31(2,3)26-18-16-25(17-19-26)30(34)15-10-22-33-23-20-29(21-24-33)32(35,27-11-6-4-7-12-27)28-13-8-5-9-14-28;23-15-6-7-20-18(14-15)25-22(30)28(20)16-8-12-26(13-9-16)10-3-11-27-19-5-2-1-4-17(19)24-21(27)29/h4-9,11-14,16-19,29-30,34-35H,10,15,20-24H2,1-3H3;1-2,4-7,14,16H,3,8-13H2,(H,24,29)(H,25,30). The number of para-hydroxylation sites is 2. The summed E-state index contributed by atoms with van der Waals surface area (Å²) in [6.07, 6.45) is 6.01. The highest BCUT2D eigenvalue weighted by atomic mass is 35.5. The van der Waals surface area contributed by atoms with Gasteiger partial charge in [0.05, 0.1) is 28.2 Å². The number of nitrogens with one attached hydrogen (secondary N) is 2. The predicted molar refractivity (Wildman–Crippen MR) is 264 cm³/mol. The number of aryl methyl sites for hydroxylation is 1. The highest BCUT2D eigenvalue weighted by molar-refractivity contribution is 6.31. The molecule has 2 aliphatic rings. The molecule has 1 atom stereocenters. The third kappa shape index (κ3) is 10.7. The fourth-order valence-electron chi connectivity index (χ4n) is 10.1. The number of rotatable bonds is 13. The molecule has 2 fully saturated rings. The number of hydrogen-bond acceptors (Lipinski definition) is 6. The number of aliphatic hydroxyl groups is 2.